The highest BCUT2D eigenvalue weighted by molar-refractivity contribution is 5.58. The van der Waals surface area contributed by atoms with Crippen molar-refractivity contribution in [2.45, 2.75) is 19.6 Å². The first-order chi connectivity index (χ1) is 10.7. The van der Waals surface area contributed by atoms with E-state index in [0.29, 0.717) is 0 Å². The molecule has 22 heavy (non-hydrogen) atoms. The molecule has 1 saturated heterocycles. The Kier molecular flexibility index (Phi) is 4.87. The summed E-state index contributed by atoms with van der Waals surface area (Å²) in [4.78, 5) is 4.67. The minimum Gasteiger partial charge on any atom is -0.392 e. The summed E-state index contributed by atoms with van der Waals surface area (Å²) < 4.78 is 5.47. The maximum atomic E-state index is 9.44. The van der Waals surface area contributed by atoms with Crippen LogP contribution in [0.1, 0.15) is 12.7 Å². The van der Waals surface area contributed by atoms with Gasteiger partial charge in [-0.25, -0.2) is 0 Å². The quantitative estimate of drug-likeness (QED) is 0.913. The summed E-state index contributed by atoms with van der Waals surface area (Å²) in [6.45, 7) is 7.36. The summed E-state index contributed by atoms with van der Waals surface area (Å²) >= 11 is 0. The highest BCUT2D eigenvalue weighted by Gasteiger charge is 2.19. The molecule has 2 aromatic rings. The molecule has 5 nitrogen and oxygen atoms in total. The molecule has 0 amide bonds. The number of rotatable bonds is 5. The standard InChI is InChI=1S/C17H23N3O2/c1-14(21)12-19-7-9-20(10-8-19)13-16-11-17(18-22-16)15-5-3-2-4-6-15/h2-6,11,14,21H,7-10,12-13H2,1H3. The first-order valence-electron chi connectivity index (χ1n) is 7.84. The molecule has 1 aliphatic rings. The molecule has 0 radical (unpaired) electrons. The Labute approximate surface area is 131 Å². The fraction of sp³-hybridized carbons (Fsp3) is 0.471. The zero-order valence-corrected chi connectivity index (χ0v) is 13.0. The topological polar surface area (TPSA) is 52.7 Å². The van der Waals surface area contributed by atoms with Crippen LogP contribution < -0.4 is 0 Å². The second-order valence-electron chi connectivity index (χ2n) is 5.97. The molecule has 118 valence electrons. The van der Waals surface area contributed by atoms with Crippen LogP contribution in [-0.4, -0.2) is 58.9 Å². The number of nitrogens with zero attached hydrogens (tertiary/aromatic N) is 3. The van der Waals surface area contributed by atoms with Gasteiger partial charge in [0.05, 0.1) is 12.6 Å². The fourth-order valence-electron chi connectivity index (χ4n) is 2.86. The van der Waals surface area contributed by atoms with Crippen LogP contribution in [0.15, 0.2) is 40.9 Å². The second kappa shape index (κ2) is 7.05. The summed E-state index contributed by atoms with van der Waals surface area (Å²) in [5.41, 5.74) is 1.97. The molecule has 1 N–H and O–H groups in total. The van der Waals surface area contributed by atoms with Crippen LogP contribution in [0, 0.1) is 0 Å². The van der Waals surface area contributed by atoms with Crippen LogP contribution in [-0.2, 0) is 6.54 Å². The van der Waals surface area contributed by atoms with Crippen LogP contribution in [0.2, 0.25) is 0 Å². The molecule has 1 atom stereocenters. The van der Waals surface area contributed by atoms with Gasteiger partial charge in [0, 0.05) is 44.4 Å². The molecule has 1 unspecified atom stereocenters. The number of aliphatic hydroxyl groups excluding tert-OH is 1. The van der Waals surface area contributed by atoms with E-state index in [1.165, 1.54) is 0 Å². The average molecular weight is 301 g/mol. The van der Waals surface area contributed by atoms with E-state index < -0.39 is 0 Å². The number of hydrogen-bond donors (Lipinski definition) is 1. The molecule has 5 heteroatoms. The van der Waals surface area contributed by atoms with E-state index in [2.05, 4.69) is 15.0 Å². The van der Waals surface area contributed by atoms with Crippen molar-refractivity contribution >= 4 is 0 Å². The monoisotopic (exact) mass is 301 g/mol. The maximum absolute atomic E-state index is 9.44. The molecule has 0 spiro atoms. The Morgan fingerprint density at radius 2 is 1.82 bits per heavy atom. The molecule has 0 bridgehead atoms. The van der Waals surface area contributed by atoms with Crippen molar-refractivity contribution in [1.29, 1.82) is 0 Å². The summed E-state index contributed by atoms with van der Waals surface area (Å²) in [5.74, 6) is 0.905. The third-order valence-electron chi connectivity index (χ3n) is 4.00. The predicted molar refractivity (Wildman–Crippen MR) is 85.3 cm³/mol. The van der Waals surface area contributed by atoms with Crippen LogP contribution in [0.3, 0.4) is 0 Å². The van der Waals surface area contributed by atoms with Gasteiger partial charge in [-0.1, -0.05) is 35.5 Å². The minimum atomic E-state index is -0.255. The van der Waals surface area contributed by atoms with E-state index in [9.17, 15) is 5.11 Å². The van der Waals surface area contributed by atoms with Gasteiger partial charge in [-0.05, 0) is 6.92 Å². The molecule has 1 aromatic carbocycles. The molecular formula is C17H23N3O2. The molecular weight excluding hydrogens is 278 g/mol. The van der Waals surface area contributed by atoms with Crippen molar-refractivity contribution in [3.63, 3.8) is 0 Å². The Balaban J connectivity index is 1.54. The van der Waals surface area contributed by atoms with Crippen molar-refractivity contribution in [3.05, 3.63) is 42.2 Å². The zero-order chi connectivity index (χ0) is 15.4. The number of hydrogen-bond acceptors (Lipinski definition) is 5. The molecule has 1 aromatic heterocycles. The summed E-state index contributed by atoms with van der Waals surface area (Å²) in [5, 5.41) is 13.6. The van der Waals surface area contributed by atoms with Gasteiger partial charge in [0.15, 0.2) is 5.76 Å². The molecule has 1 aliphatic heterocycles. The van der Waals surface area contributed by atoms with E-state index in [0.717, 1.165) is 56.3 Å². The van der Waals surface area contributed by atoms with E-state index >= 15 is 0 Å². The molecule has 3 rings (SSSR count). The lowest BCUT2D eigenvalue weighted by molar-refractivity contribution is 0.0745. The minimum absolute atomic E-state index is 0.255. The molecule has 0 aliphatic carbocycles. The highest BCUT2D eigenvalue weighted by atomic mass is 16.5. The Hall–Kier alpha value is -1.69. The highest BCUT2D eigenvalue weighted by Crippen LogP contribution is 2.19. The van der Waals surface area contributed by atoms with Crippen molar-refractivity contribution in [2.24, 2.45) is 0 Å². The molecule has 0 saturated carbocycles. The smallest absolute Gasteiger partial charge is 0.151 e. The first kappa shape index (κ1) is 15.2. The largest absolute Gasteiger partial charge is 0.392 e. The van der Waals surface area contributed by atoms with Gasteiger partial charge in [-0.15, -0.1) is 0 Å². The lowest BCUT2D eigenvalue weighted by Crippen LogP contribution is -2.47. The summed E-state index contributed by atoms with van der Waals surface area (Å²) in [7, 11) is 0. The average Bonchev–Trinajstić information content (AvgIpc) is 2.98. The van der Waals surface area contributed by atoms with Crippen LogP contribution >= 0.6 is 0 Å². The number of aliphatic hydroxyl groups is 1. The third-order valence-corrected chi connectivity index (χ3v) is 4.00. The van der Waals surface area contributed by atoms with Gasteiger partial charge in [-0.2, -0.15) is 0 Å². The van der Waals surface area contributed by atoms with Gasteiger partial charge >= 0.3 is 0 Å². The number of piperazine rings is 1. The predicted octanol–water partition coefficient (Wildman–Crippen LogP) is 1.84. The van der Waals surface area contributed by atoms with Gasteiger partial charge in [-0.3, -0.25) is 9.80 Å². The summed E-state index contributed by atoms with van der Waals surface area (Å²) in [6, 6.07) is 12.1. The van der Waals surface area contributed by atoms with E-state index in [1.54, 1.807) is 0 Å². The number of aromatic nitrogens is 1. The number of β-amino-alcohol motifs (C(OH)–C–C–N with tert-alkyl or cyclic N) is 1. The van der Waals surface area contributed by atoms with E-state index in [-0.39, 0.29) is 6.10 Å². The van der Waals surface area contributed by atoms with Crippen molar-refractivity contribution < 1.29 is 9.63 Å². The van der Waals surface area contributed by atoms with Crippen LogP contribution in [0.25, 0.3) is 11.3 Å². The summed E-state index contributed by atoms with van der Waals surface area (Å²) in [6.07, 6.45) is -0.255. The lowest BCUT2D eigenvalue weighted by Gasteiger charge is -2.34. The SMILES string of the molecule is CC(O)CN1CCN(Cc2cc(-c3ccccc3)no2)CC1. The number of benzene rings is 1. The maximum Gasteiger partial charge on any atom is 0.151 e. The zero-order valence-electron chi connectivity index (χ0n) is 13.0. The van der Waals surface area contributed by atoms with Crippen LogP contribution in [0.4, 0.5) is 0 Å². The van der Waals surface area contributed by atoms with Gasteiger partial charge in [0.25, 0.3) is 0 Å². The van der Waals surface area contributed by atoms with Gasteiger partial charge in [0.2, 0.25) is 0 Å². The van der Waals surface area contributed by atoms with Crippen molar-refractivity contribution in [1.82, 2.24) is 15.0 Å². The lowest BCUT2D eigenvalue weighted by atomic mass is 10.1. The van der Waals surface area contributed by atoms with Gasteiger partial charge in [0.1, 0.15) is 5.69 Å². The normalized spacial score (nSPS) is 18.5. The third kappa shape index (κ3) is 3.94. The second-order valence-corrected chi connectivity index (χ2v) is 5.97. The van der Waals surface area contributed by atoms with E-state index in [1.807, 2.05) is 43.3 Å². The Morgan fingerprint density at radius 1 is 1.14 bits per heavy atom. The van der Waals surface area contributed by atoms with Crippen LogP contribution in [0.5, 0.6) is 0 Å². The molecule has 1 fully saturated rings. The first-order valence-corrected chi connectivity index (χ1v) is 7.84. The Morgan fingerprint density at radius 3 is 2.50 bits per heavy atom. The van der Waals surface area contributed by atoms with Gasteiger partial charge < -0.3 is 9.63 Å². The van der Waals surface area contributed by atoms with Crippen molar-refractivity contribution in [2.75, 3.05) is 32.7 Å². The fourth-order valence-corrected chi connectivity index (χ4v) is 2.86. The van der Waals surface area contributed by atoms with E-state index in [4.69, 9.17) is 4.52 Å². The van der Waals surface area contributed by atoms with Crippen molar-refractivity contribution in [3.8, 4) is 11.3 Å². The Bertz CT molecular complexity index is 575. The molecule has 2 heterocycles.